The van der Waals surface area contributed by atoms with Gasteiger partial charge in [0.25, 0.3) is 0 Å². The molecule has 0 saturated carbocycles. The van der Waals surface area contributed by atoms with Crippen LogP contribution in [0.3, 0.4) is 0 Å². The summed E-state index contributed by atoms with van der Waals surface area (Å²) < 4.78 is 4.99. The van der Waals surface area contributed by atoms with Gasteiger partial charge in [0.2, 0.25) is 5.91 Å². The molecule has 1 aromatic rings. The zero-order valence-corrected chi connectivity index (χ0v) is 12.9. The van der Waals surface area contributed by atoms with Crippen LogP contribution in [0.1, 0.15) is 38.3 Å². The van der Waals surface area contributed by atoms with Gasteiger partial charge in [-0.1, -0.05) is 0 Å². The van der Waals surface area contributed by atoms with Crippen LogP contribution in [-0.4, -0.2) is 52.6 Å². The SMILES string of the molecule is CC(=O)N1CCC(c2cnc(N3C(=O)OC[C@H]3C)cn2)CC1. The van der Waals surface area contributed by atoms with Gasteiger partial charge in [0.05, 0.1) is 24.1 Å². The number of rotatable bonds is 2. The molecule has 22 heavy (non-hydrogen) atoms. The minimum Gasteiger partial charge on any atom is -0.447 e. The molecule has 0 bridgehead atoms. The van der Waals surface area contributed by atoms with Crippen molar-refractivity contribution in [1.82, 2.24) is 14.9 Å². The van der Waals surface area contributed by atoms with E-state index in [0.717, 1.165) is 31.6 Å². The fourth-order valence-corrected chi connectivity index (χ4v) is 2.99. The second-order valence-corrected chi connectivity index (χ2v) is 5.88. The quantitative estimate of drug-likeness (QED) is 0.828. The van der Waals surface area contributed by atoms with Gasteiger partial charge in [-0.15, -0.1) is 0 Å². The van der Waals surface area contributed by atoms with Gasteiger partial charge in [-0.05, 0) is 19.8 Å². The molecule has 1 atom stereocenters. The highest BCUT2D eigenvalue weighted by molar-refractivity contribution is 5.88. The predicted molar refractivity (Wildman–Crippen MR) is 79.6 cm³/mol. The summed E-state index contributed by atoms with van der Waals surface area (Å²) in [5.41, 5.74) is 0.923. The number of hydrogen-bond acceptors (Lipinski definition) is 5. The van der Waals surface area contributed by atoms with Crippen LogP contribution in [0.5, 0.6) is 0 Å². The maximum Gasteiger partial charge on any atom is 0.415 e. The summed E-state index contributed by atoms with van der Waals surface area (Å²) in [4.78, 5) is 35.2. The average molecular weight is 304 g/mol. The standard InChI is InChI=1S/C15H20N4O3/c1-10-9-22-15(21)19(10)14-8-16-13(7-17-14)12-3-5-18(6-4-12)11(2)20/h7-8,10,12H,3-6,9H2,1-2H3/t10-/m1/s1. The van der Waals surface area contributed by atoms with Crippen molar-refractivity contribution in [2.75, 3.05) is 24.6 Å². The number of carbonyl (C=O) groups is 2. The number of likely N-dealkylation sites (tertiary alicyclic amines) is 1. The lowest BCUT2D eigenvalue weighted by molar-refractivity contribution is -0.129. The molecule has 0 spiro atoms. The van der Waals surface area contributed by atoms with Crippen molar-refractivity contribution in [2.24, 2.45) is 0 Å². The Bertz CT molecular complexity index is 567. The van der Waals surface area contributed by atoms with Gasteiger partial charge in [0.1, 0.15) is 6.61 Å². The van der Waals surface area contributed by atoms with Crippen LogP contribution >= 0.6 is 0 Å². The summed E-state index contributed by atoms with van der Waals surface area (Å²) in [6, 6.07) is -0.0218. The summed E-state index contributed by atoms with van der Waals surface area (Å²) in [5.74, 6) is 0.974. The second-order valence-electron chi connectivity index (χ2n) is 5.88. The highest BCUT2D eigenvalue weighted by atomic mass is 16.6. The van der Waals surface area contributed by atoms with Crippen molar-refractivity contribution in [3.8, 4) is 0 Å². The lowest BCUT2D eigenvalue weighted by Crippen LogP contribution is -2.36. The van der Waals surface area contributed by atoms with Crippen molar-refractivity contribution in [2.45, 2.75) is 38.6 Å². The number of hydrogen-bond donors (Lipinski definition) is 0. The van der Waals surface area contributed by atoms with Gasteiger partial charge < -0.3 is 9.64 Å². The molecule has 118 valence electrons. The van der Waals surface area contributed by atoms with E-state index in [1.165, 1.54) is 4.90 Å². The van der Waals surface area contributed by atoms with Gasteiger partial charge in [-0.2, -0.15) is 0 Å². The Balaban J connectivity index is 1.67. The topological polar surface area (TPSA) is 75.6 Å². The monoisotopic (exact) mass is 304 g/mol. The molecule has 2 saturated heterocycles. The largest absolute Gasteiger partial charge is 0.447 e. The van der Waals surface area contributed by atoms with E-state index in [-0.39, 0.29) is 18.0 Å². The molecule has 3 rings (SSSR count). The van der Waals surface area contributed by atoms with Crippen LogP contribution in [0.25, 0.3) is 0 Å². The van der Waals surface area contributed by atoms with Crippen molar-refractivity contribution in [1.29, 1.82) is 0 Å². The number of cyclic esters (lactones) is 1. The van der Waals surface area contributed by atoms with Crippen molar-refractivity contribution in [3.63, 3.8) is 0 Å². The van der Waals surface area contributed by atoms with Crippen LogP contribution in [0.4, 0.5) is 10.6 Å². The number of nitrogens with zero attached hydrogens (tertiary/aromatic N) is 4. The number of carbonyl (C=O) groups excluding carboxylic acids is 2. The van der Waals surface area contributed by atoms with E-state index in [0.29, 0.717) is 18.3 Å². The number of piperidine rings is 1. The second kappa shape index (κ2) is 5.90. The number of aromatic nitrogens is 2. The van der Waals surface area contributed by atoms with Crippen molar-refractivity contribution >= 4 is 17.8 Å². The molecule has 7 nitrogen and oxygen atoms in total. The summed E-state index contributed by atoms with van der Waals surface area (Å²) in [5, 5.41) is 0. The first-order valence-electron chi connectivity index (χ1n) is 7.59. The third-order valence-electron chi connectivity index (χ3n) is 4.35. The summed E-state index contributed by atoms with van der Waals surface area (Å²) in [6.45, 7) is 5.42. The van der Waals surface area contributed by atoms with Crippen LogP contribution in [-0.2, 0) is 9.53 Å². The molecular weight excluding hydrogens is 284 g/mol. The van der Waals surface area contributed by atoms with E-state index in [1.807, 2.05) is 11.8 Å². The van der Waals surface area contributed by atoms with Crippen LogP contribution < -0.4 is 4.90 Å². The third kappa shape index (κ3) is 2.75. The first kappa shape index (κ1) is 14.7. The molecule has 0 unspecified atom stereocenters. The maximum absolute atomic E-state index is 11.7. The molecule has 0 N–H and O–H groups in total. The van der Waals surface area contributed by atoms with E-state index < -0.39 is 0 Å². The van der Waals surface area contributed by atoms with Gasteiger partial charge in [-0.3, -0.25) is 14.7 Å². The van der Waals surface area contributed by atoms with Crippen LogP contribution in [0.2, 0.25) is 0 Å². The molecule has 2 amide bonds. The molecule has 7 heteroatoms. The number of anilines is 1. The zero-order valence-electron chi connectivity index (χ0n) is 12.9. The van der Waals surface area contributed by atoms with Gasteiger partial charge >= 0.3 is 6.09 Å². The van der Waals surface area contributed by atoms with Crippen LogP contribution in [0.15, 0.2) is 12.4 Å². The predicted octanol–water partition coefficient (Wildman–Crippen LogP) is 1.55. The average Bonchev–Trinajstić information content (AvgIpc) is 2.86. The Hall–Kier alpha value is -2.18. The van der Waals surface area contributed by atoms with Crippen molar-refractivity contribution < 1.29 is 14.3 Å². The smallest absolute Gasteiger partial charge is 0.415 e. The summed E-state index contributed by atoms with van der Waals surface area (Å²) >= 11 is 0. The van der Waals surface area contributed by atoms with Gasteiger partial charge in [0, 0.05) is 25.9 Å². The number of amides is 2. The van der Waals surface area contributed by atoms with E-state index in [9.17, 15) is 9.59 Å². The van der Waals surface area contributed by atoms with E-state index in [1.54, 1.807) is 19.3 Å². The molecule has 0 aliphatic carbocycles. The zero-order chi connectivity index (χ0) is 15.7. The van der Waals surface area contributed by atoms with E-state index >= 15 is 0 Å². The minimum atomic E-state index is -0.371. The fourth-order valence-electron chi connectivity index (χ4n) is 2.99. The molecule has 0 aromatic carbocycles. The Kier molecular flexibility index (Phi) is 3.96. The normalized spacial score (nSPS) is 22.8. The Labute approximate surface area is 129 Å². The highest BCUT2D eigenvalue weighted by Crippen LogP contribution is 2.27. The molecule has 1 aromatic heterocycles. The lowest BCUT2D eigenvalue weighted by atomic mass is 9.94. The van der Waals surface area contributed by atoms with E-state index in [4.69, 9.17) is 4.74 Å². The van der Waals surface area contributed by atoms with E-state index in [2.05, 4.69) is 9.97 Å². The Morgan fingerprint density at radius 3 is 2.50 bits per heavy atom. The molecular formula is C15H20N4O3. The number of ether oxygens (including phenoxy) is 1. The molecule has 0 radical (unpaired) electrons. The van der Waals surface area contributed by atoms with Gasteiger partial charge in [-0.25, -0.2) is 9.78 Å². The first-order chi connectivity index (χ1) is 10.6. The summed E-state index contributed by atoms with van der Waals surface area (Å²) in [6.07, 6.45) is 4.80. The lowest BCUT2D eigenvalue weighted by Gasteiger charge is -2.30. The Morgan fingerprint density at radius 1 is 1.27 bits per heavy atom. The molecule has 2 aliphatic heterocycles. The molecule has 2 fully saturated rings. The Morgan fingerprint density at radius 2 is 2.00 bits per heavy atom. The van der Waals surface area contributed by atoms with Gasteiger partial charge in [0.15, 0.2) is 5.82 Å². The van der Waals surface area contributed by atoms with Crippen LogP contribution in [0, 0.1) is 0 Å². The minimum absolute atomic E-state index is 0.0218. The first-order valence-corrected chi connectivity index (χ1v) is 7.59. The fraction of sp³-hybridized carbons (Fsp3) is 0.600. The molecule has 3 heterocycles. The third-order valence-corrected chi connectivity index (χ3v) is 4.35. The molecule has 2 aliphatic rings. The van der Waals surface area contributed by atoms with Crippen molar-refractivity contribution in [3.05, 3.63) is 18.1 Å². The summed E-state index contributed by atoms with van der Waals surface area (Å²) in [7, 11) is 0. The maximum atomic E-state index is 11.7. The highest BCUT2D eigenvalue weighted by Gasteiger charge is 2.32.